The molecule has 7 heteroatoms. The average molecular weight is 431 g/mol. The highest BCUT2D eigenvalue weighted by molar-refractivity contribution is 6.30. The van der Waals surface area contributed by atoms with Gasteiger partial charge in [0.05, 0.1) is 13.2 Å². The van der Waals surface area contributed by atoms with Gasteiger partial charge in [-0.2, -0.15) is 0 Å². The van der Waals surface area contributed by atoms with Crippen molar-refractivity contribution < 1.29 is 9.47 Å². The maximum atomic E-state index is 5.94. The number of benzene rings is 2. The molecule has 3 rings (SSSR count). The van der Waals surface area contributed by atoms with Crippen molar-refractivity contribution in [1.29, 1.82) is 0 Å². The molecule has 0 bridgehead atoms. The first-order chi connectivity index (χ1) is 14.7. The van der Waals surface area contributed by atoms with Crippen LogP contribution in [-0.4, -0.2) is 63.9 Å². The number of hydrogen-bond donors (Lipinski definition) is 2. The van der Waals surface area contributed by atoms with Gasteiger partial charge in [0.25, 0.3) is 0 Å². The molecular formula is C23H31ClN4O2. The lowest BCUT2D eigenvalue weighted by atomic mass is 10.1. The Labute approximate surface area is 184 Å². The summed E-state index contributed by atoms with van der Waals surface area (Å²) in [4.78, 5) is 6.67. The second-order valence-electron chi connectivity index (χ2n) is 7.18. The molecule has 1 aliphatic heterocycles. The van der Waals surface area contributed by atoms with Crippen molar-refractivity contribution in [3.8, 4) is 5.75 Å². The zero-order valence-corrected chi connectivity index (χ0v) is 18.3. The highest BCUT2D eigenvalue weighted by Gasteiger charge is 2.09. The number of morpholine rings is 1. The minimum Gasteiger partial charge on any atom is -0.492 e. The van der Waals surface area contributed by atoms with Gasteiger partial charge in [-0.3, -0.25) is 9.89 Å². The maximum absolute atomic E-state index is 5.94. The van der Waals surface area contributed by atoms with Crippen molar-refractivity contribution in [2.75, 3.05) is 53.0 Å². The monoisotopic (exact) mass is 430 g/mol. The highest BCUT2D eigenvalue weighted by Crippen LogP contribution is 2.13. The van der Waals surface area contributed by atoms with E-state index in [0.717, 1.165) is 68.1 Å². The molecule has 30 heavy (non-hydrogen) atoms. The van der Waals surface area contributed by atoms with Crippen LogP contribution >= 0.6 is 11.6 Å². The summed E-state index contributed by atoms with van der Waals surface area (Å²) in [6.07, 6.45) is 0.907. The van der Waals surface area contributed by atoms with Crippen molar-refractivity contribution >= 4 is 17.6 Å². The Hall–Kier alpha value is -2.28. The largest absolute Gasteiger partial charge is 0.492 e. The van der Waals surface area contributed by atoms with Gasteiger partial charge in [0.15, 0.2) is 5.96 Å². The number of hydrogen-bond acceptors (Lipinski definition) is 4. The van der Waals surface area contributed by atoms with Crippen LogP contribution in [0, 0.1) is 0 Å². The second-order valence-corrected chi connectivity index (χ2v) is 7.62. The van der Waals surface area contributed by atoms with Gasteiger partial charge in [-0.05, 0) is 41.8 Å². The Morgan fingerprint density at radius 3 is 2.67 bits per heavy atom. The third-order valence-corrected chi connectivity index (χ3v) is 5.23. The Kier molecular flexibility index (Phi) is 9.28. The van der Waals surface area contributed by atoms with Gasteiger partial charge >= 0.3 is 0 Å². The summed E-state index contributed by atoms with van der Waals surface area (Å²) >= 11 is 5.93. The van der Waals surface area contributed by atoms with E-state index in [0.29, 0.717) is 13.2 Å². The third kappa shape index (κ3) is 7.86. The van der Waals surface area contributed by atoms with E-state index in [1.807, 2.05) is 36.4 Å². The number of ether oxygens (including phenoxy) is 2. The topological polar surface area (TPSA) is 58.1 Å². The molecule has 0 aromatic heterocycles. The van der Waals surface area contributed by atoms with Crippen molar-refractivity contribution in [3.63, 3.8) is 0 Å². The SMILES string of the molecule is CN=C(NCCc1ccc(Cl)cc1)NCc1cccc(OCCN2CCOCC2)c1. The van der Waals surface area contributed by atoms with Gasteiger partial charge in [-0.15, -0.1) is 0 Å². The predicted molar refractivity (Wildman–Crippen MR) is 123 cm³/mol. The van der Waals surface area contributed by atoms with Crippen molar-refractivity contribution in [2.45, 2.75) is 13.0 Å². The summed E-state index contributed by atoms with van der Waals surface area (Å²) in [7, 11) is 1.78. The first-order valence-electron chi connectivity index (χ1n) is 10.4. The molecule has 2 aromatic carbocycles. The van der Waals surface area contributed by atoms with Gasteiger partial charge in [0.1, 0.15) is 12.4 Å². The van der Waals surface area contributed by atoms with Crippen LogP contribution in [-0.2, 0) is 17.7 Å². The number of halogens is 1. The average Bonchev–Trinajstić information content (AvgIpc) is 2.78. The molecule has 0 radical (unpaired) electrons. The summed E-state index contributed by atoms with van der Waals surface area (Å²) in [5, 5.41) is 7.46. The quantitative estimate of drug-likeness (QED) is 0.473. The fourth-order valence-corrected chi connectivity index (χ4v) is 3.37. The van der Waals surface area contributed by atoms with Gasteiger partial charge in [0.2, 0.25) is 0 Å². The molecule has 1 saturated heterocycles. The summed E-state index contributed by atoms with van der Waals surface area (Å²) in [6.45, 7) is 6.69. The van der Waals surface area contributed by atoms with E-state index in [-0.39, 0.29) is 0 Å². The lowest BCUT2D eigenvalue weighted by molar-refractivity contribution is 0.0322. The van der Waals surface area contributed by atoms with E-state index < -0.39 is 0 Å². The summed E-state index contributed by atoms with van der Waals surface area (Å²) < 4.78 is 11.3. The van der Waals surface area contributed by atoms with Crippen molar-refractivity contribution in [2.24, 2.45) is 4.99 Å². The molecule has 2 aromatic rings. The number of guanidine groups is 1. The zero-order valence-electron chi connectivity index (χ0n) is 17.6. The molecule has 0 unspecified atom stereocenters. The van der Waals surface area contributed by atoms with Crippen LogP contribution in [0.5, 0.6) is 5.75 Å². The molecule has 1 fully saturated rings. The maximum Gasteiger partial charge on any atom is 0.191 e. The fraction of sp³-hybridized carbons (Fsp3) is 0.435. The molecule has 0 spiro atoms. The van der Waals surface area contributed by atoms with Crippen LogP contribution in [0.2, 0.25) is 5.02 Å². The van der Waals surface area contributed by atoms with Crippen LogP contribution in [0.3, 0.4) is 0 Å². The summed E-state index contributed by atoms with van der Waals surface area (Å²) in [6, 6.07) is 16.1. The molecule has 162 valence electrons. The van der Waals surface area contributed by atoms with Crippen LogP contribution < -0.4 is 15.4 Å². The van der Waals surface area contributed by atoms with Crippen LogP contribution in [0.15, 0.2) is 53.5 Å². The van der Waals surface area contributed by atoms with Gasteiger partial charge in [0, 0.05) is 44.8 Å². The standard InChI is InChI=1S/C23H31ClN4O2/c1-25-23(26-10-9-19-5-7-21(24)8-6-19)27-18-20-3-2-4-22(17-20)30-16-13-28-11-14-29-15-12-28/h2-8,17H,9-16,18H2,1H3,(H2,25,26,27). The molecule has 0 amide bonds. The van der Waals surface area contributed by atoms with Crippen molar-refractivity contribution in [3.05, 3.63) is 64.7 Å². The Bertz CT molecular complexity index is 792. The number of nitrogens with zero attached hydrogens (tertiary/aromatic N) is 2. The Morgan fingerprint density at radius 2 is 1.90 bits per heavy atom. The van der Waals surface area contributed by atoms with Crippen LogP contribution in [0.25, 0.3) is 0 Å². The molecule has 6 nitrogen and oxygen atoms in total. The lowest BCUT2D eigenvalue weighted by Gasteiger charge is -2.26. The molecule has 2 N–H and O–H groups in total. The fourth-order valence-electron chi connectivity index (χ4n) is 3.25. The highest BCUT2D eigenvalue weighted by atomic mass is 35.5. The normalized spacial score (nSPS) is 15.1. The van der Waals surface area contributed by atoms with E-state index in [1.165, 1.54) is 5.56 Å². The molecule has 0 atom stereocenters. The first kappa shape index (κ1) is 22.4. The molecule has 1 heterocycles. The molecule has 1 aliphatic rings. The minimum atomic E-state index is 0.682. The second kappa shape index (κ2) is 12.4. The third-order valence-electron chi connectivity index (χ3n) is 4.98. The number of rotatable bonds is 9. The Morgan fingerprint density at radius 1 is 1.10 bits per heavy atom. The minimum absolute atomic E-state index is 0.682. The van der Waals surface area contributed by atoms with Gasteiger partial charge in [-0.1, -0.05) is 35.9 Å². The van der Waals surface area contributed by atoms with E-state index in [4.69, 9.17) is 21.1 Å². The lowest BCUT2D eigenvalue weighted by Crippen LogP contribution is -2.38. The van der Waals surface area contributed by atoms with E-state index in [9.17, 15) is 0 Å². The van der Waals surface area contributed by atoms with E-state index >= 15 is 0 Å². The first-order valence-corrected chi connectivity index (χ1v) is 10.8. The molecule has 0 aliphatic carbocycles. The molecule has 0 saturated carbocycles. The summed E-state index contributed by atoms with van der Waals surface area (Å²) in [5.41, 5.74) is 2.39. The summed E-state index contributed by atoms with van der Waals surface area (Å²) in [5.74, 6) is 1.68. The number of aliphatic imine (C=N–C) groups is 1. The van der Waals surface area contributed by atoms with E-state index in [1.54, 1.807) is 7.05 Å². The Balaban J connectivity index is 1.38. The smallest absolute Gasteiger partial charge is 0.191 e. The van der Waals surface area contributed by atoms with Crippen LogP contribution in [0.1, 0.15) is 11.1 Å². The molecular weight excluding hydrogens is 400 g/mol. The predicted octanol–water partition coefficient (Wildman–Crippen LogP) is 2.96. The van der Waals surface area contributed by atoms with Crippen molar-refractivity contribution in [1.82, 2.24) is 15.5 Å². The number of nitrogens with one attached hydrogen (secondary N) is 2. The van der Waals surface area contributed by atoms with E-state index in [2.05, 4.69) is 32.7 Å². The van der Waals surface area contributed by atoms with Gasteiger partial charge in [-0.25, -0.2) is 0 Å². The zero-order chi connectivity index (χ0) is 21.0. The van der Waals surface area contributed by atoms with Crippen LogP contribution in [0.4, 0.5) is 0 Å². The van der Waals surface area contributed by atoms with Gasteiger partial charge < -0.3 is 20.1 Å².